The summed E-state index contributed by atoms with van der Waals surface area (Å²) in [6.45, 7) is 2.44. The number of hydrogen-bond donors (Lipinski definition) is 0. The lowest BCUT2D eigenvalue weighted by molar-refractivity contribution is -0.136. The summed E-state index contributed by atoms with van der Waals surface area (Å²) in [4.78, 5) is 11.0. The van der Waals surface area contributed by atoms with Crippen molar-refractivity contribution < 1.29 is 19.0 Å². The highest BCUT2D eigenvalue weighted by molar-refractivity contribution is 5.88. The van der Waals surface area contributed by atoms with Crippen LogP contribution in [0.3, 0.4) is 0 Å². The Balaban J connectivity index is 1.63. The molecule has 4 heteroatoms. The third-order valence-corrected chi connectivity index (χ3v) is 3.10. The molecule has 0 aliphatic carbocycles. The first-order chi connectivity index (χ1) is 10.8. The number of carbonyl (C=O) groups excluding carboxylic acids is 1. The molecule has 2 rings (SSSR count). The van der Waals surface area contributed by atoms with Gasteiger partial charge in [0.15, 0.2) is 11.5 Å². The number of rotatable bonds is 6. The van der Waals surface area contributed by atoms with Crippen LogP contribution < -0.4 is 9.47 Å². The predicted octanol–water partition coefficient (Wildman–Crippen LogP) is 3.56. The normalized spacial score (nSPS) is 12.0. The van der Waals surface area contributed by atoms with Crippen LogP contribution in [0.1, 0.15) is 38.2 Å². The molecule has 0 radical (unpaired) electrons. The smallest absolute Gasteiger partial charge is 0.384 e. The Morgan fingerprint density at radius 3 is 3.05 bits per heavy atom. The van der Waals surface area contributed by atoms with Gasteiger partial charge in [0.25, 0.3) is 0 Å². The maximum Gasteiger partial charge on any atom is 0.384 e. The van der Waals surface area contributed by atoms with Gasteiger partial charge < -0.3 is 14.2 Å². The molecule has 1 aliphatic rings. The van der Waals surface area contributed by atoms with Crippen LogP contribution in [0.4, 0.5) is 0 Å². The molecule has 1 heterocycles. The lowest BCUT2D eigenvalue weighted by Crippen LogP contribution is -1.99. The second-order valence-corrected chi connectivity index (χ2v) is 4.78. The van der Waals surface area contributed by atoms with E-state index < -0.39 is 5.97 Å². The lowest BCUT2D eigenvalue weighted by atomic mass is 10.1. The number of unbranched alkanes of at least 4 members (excludes halogenated alkanes) is 3. The molecule has 0 fully saturated rings. The van der Waals surface area contributed by atoms with Gasteiger partial charge in [-0.25, -0.2) is 4.79 Å². The van der Waals surface area contributed by atoms with Crippen LogP contribution in [0.5, 0.6) is 11.5 Å². The van der Waals surface area contributed by atoms with Crippen molar-refractivity contribution in [1.29, 1.82) is 0 Å². The van der Waals surface area contributed by atoms with E-state index in [4.69, 9.17) is 14.2 Å². The van der Waals surface area contributed by atoms with Crippen molar-refractivity contribution >= 4 is 12.0 Å². The number of esters is 1. The van der Waals surface area contributed by atoms with Gasteiger partial charge in [-0.05, 0) is 43.9 Å². The van der Waals surface area contributed by atoms with Gasteiger partial charge in [-0.15, -0.1) is 0 Å². The minimum atomic E-state index is -0.440. The van der Waals surface area contributed by atoms with Crippen molar-refractivity contribution in [2.45, 2.75) is 32.6 Å². The van der Waals surface area contributed by atoms with Crippen molar-refractivity contribution in [3.63, 3.8) is 0 Å². The number of benzene rings is 1. The van der Waals surface area contributed by atoms with Gasteiger partial charge in [0.2, 0.25) is 6.79 Å². The zero-order chi connectivity index (χ0) is 15.6. The fourth-order valence-corrected chi connectivity index (χ4v) is 2.01. The average molecular weight is 300 g/mol. The summed E-state index contributed by atoms with van der Waals surface area (Å²) in [5.74, 6) is 6.46. The van der Waals surface area contributed by atoms with E-state index in [1.165, 1.54) is 0 Å². The summed E-state index contributed by atoms with van der Waals surface area (Å²) in [7, 11) is 0. The molecule has 116 valence electrons. The molecular formula is C18H20O4. The molecule has 0 saturated carbocycles. The number of hydrogen-bond acceptors (Lipinski definition) is 4. The summed E-state index contributed by atoms with van der Waals surface area (Å²) in [6.07, 6.45) is 7.92. The largest absolute Gasteiger partial charge is 0.456 e. The van der Waals surface area contributed by atoms with Gasteiger partial charge in [-0.1, -0.05) is 24.1 Å². The molecule has 0 unspecified atom stereocenters. The zero-order valence-electron chi connectivity index (χ0n) is 12.8. The molecular weight excluding hydrogens is 280 g/mol. The summed E-state index contributed by atoms with van der Waals surface area (Å²) in [5, 5.41) is 0. The summed E-state index contributed by atoms with van der Waals surface area (Å²) >= 11 is 0. The maximum absolute atomic E-state index is 11.0. The highest BCUT2D eigenvalue weighted by atomic mass is 16.7. The summed E-state index contributed by atoms with van der Waals surface area (Å²) in [5.41, 5.74) is 1.10. The topological polar surface area (TPSA) is 44.8 Å². The fraction of sp³-hybridized carbons (Fsp3) is 0.389. The van der Waals surface area contributed by atoms with E-state index in [1.807, 2.05) is 18.2 Å². The van der Waals surface area contributed by atoms with Gasteiger partial charge in [0, 0.05) is 12.3 Å². The Morgan fingerprint density at radius 2 is 2.18 bits per heavy atom. The highest BCUT2D eigenvalue weighted by Crippen LogP contribution is 2.32. The second-order valence-electron chi connectivity index (χ2n) is 4.78. The van der Waals surface area contributed by atoms with Crippen molar-refractivity contribution in [2.75, 3.05) is 13.4 Å². The monoisotopic (exact) mass is 300 g/mol. The van der Waals surface area contributed by atoms with Gasteiger partial charge in [0.1, 0.15) is 0 Å². The van der Waals surface area contributed by atoms with Crippen molar-refractivity contribution in [2.24, 2.45) is 0 Å². The molecule has 0 atom stereocenters. The van der Waals surface area contributed by atoms with Gasteiger partial charge in [-0.2, -0.15) is 0 Å². The standard InChI is InChI=1S/C18H20O4/c1-2-20-18(19)10-8-6-4-3-5-7-9-15-11-12-16-17(13-15)22-14-21-16/h7,9,11-13H,2-6,14H2,1H3. The summed E-state index contributed by atoms with van der Waals surface area (Å²) < 4.78 is 15.3. The molecule has 1 aromatic carbocycles. The van der Waals surface area contributed by atoms with E-state index in [1.54, 1.807) is 6.92 Å². The van der Waals surface area contributed by atoms with Crippen LogP contribution in [0.25, 0.3) is 6.08 Å². The van der Waals surface area contributed by atoms with E-state index >= 15 is 0 Å². The van der Waals surface area contributed by atoms with E-state index in [-0.39, 0.29) is 0 Å². The molecule has 22 heavy (non-hydrogen) atoms. The quantitative estimate of drug-likeness (QED) is 0.349. The van der Waals surface area contributed by atoms with Crippen LogP contribution in [-0.4, -0.2) is 19.4 Å². The van der Waals surface area contributed by atoms with Gasteiger partial charge >= 0.3 is 5.97 Å². The molecule has 1 aliphatic heterocycles. The number of allylic oxidation sites excluding steroid dienone is 1. The Morgan fingerprint density at radius 1 is 1.32 bits per heavy atom. The molecule has 0 N–H and O–H groups in total. The highest BCUT2D eigenvalue weighted by Gasteiger charge is 2.11. The lowest BCUT2D eigenvalue weighted by Gasteiger charge is -1.97. The minimum Gasteiger partial charge on any atom is -0.456 e. The third-order valence-electron chi connectivity index (χ3n) is 3.10. The molecule has 0 bridgehead atoms. The molecule has 4 nitrogen and oxygen atoms in total. The number of ether oxygens (including phenoxy) is 3. The third kappa shape index (κ3) is 5.17. The van der Waals surface area contributed by atoms with Crippen LogP contribution in [0.15, 0.2) is 24.3 Å². The first-order valence-electron chi connectivity index (χ1n) is 7.51. The van der Waals surface area contributed by atoms with E-state index in [2.05, 4.69) is 24.0 Å². The number of carbonyl (C=O) groups is 1. The van der Waals surface area contributed by atoms with Crippen LogP contribution in [0.2, 0.25) is 0 Å². The van der Waals surface area contributed by atoms with Crippen LogP contribution in [-0.2, 0) is 9.53 Å². The SMILES string of the molecule is CCOC(=O)C#CCCCCC=Cc1ccc2c(c1)OCO2. The van der Waals surface area contributed by atoms with Crippen LogP contribution in [0, 0.1) is 11.8 Å². The minimum absolute atomic E-state index is 0.301. The first kappa shape index (κ1) is 16.0. The van der Waals surface area contributed by atoms with Gasteiger partial charge in [0.05, 0.1) is 6.61 Å². The average Bonchev–Trinajstić information content (AvgIpc) is 2.97. The zero-order valence-corrected chi connectivity index (χ0v) is 12.8. The molecule has 0 spiro atoms. The van der Waals surface area contributed by atoms with E-state index in [0.717, 1.165) is 42.7 Å². The second kappa shape index (κ2) is 8.78. The Hall–Kier alpha value is -2.41. The molecule has 0 amide bonds. The van der Waals surface area contributed by atoms with Gasteiger partial charge in [-0.3, -0.25) is 0 Å². The molecule has 0 saturated heterocycles. The predicted molar refractivity (Wildman–Crippen MR) is 84.5 cm³/mol. The Labute approximate surface area is 131 Å². The molecule has 0 aromatic heterocycles. The van der Waals surface area contributed by atoms with Crippen molar-refractivity contribution in [1.82, 2.24) is 0 Å². The number of fused-ring (bicyclic) bond motifs is 1. The van der Waals surface area contributed by atoms with E-state index in [0.29, 0.717) is 13.4 Å². The van der Waals surface area contributed by atoms with Crippen LogP contribution >= 0.6 is 0 Å². The maximum atomic E-state index is 11.0. The fourth-order valence-electron chi connectivity index (χ4n) is 2.01. The van der Waals surface area contributed by atoms with Crippen molar-refractivity contribution in [3.05, 3.63) is 29.8 Å². The molecule has 1 aromatic rings. The Kier molecular flexibility index (Phi) is 6.38. The Bertz CT molecular complexity index is 593. The summed E-state index contributed by atoms with van der Waals surface area (Å²) in [6, 6.07) is 5.91. The first-order valence-corrected chi connectivity index (χ1v) is 7.51. The van der Waals surface area contributed by atoms with E-state index in [9.17, 15) is 4.79 Å². The van der Waals surface area contributed by atoms with Crippen molar-refractivity contribution in [3.8, 4) is 23.3 Å².